The predicted octanol–water partition coefficient (Wildman–Crippen LogP) is 2.57. The van der Waals surface area contributed by atoms with Crippen LogP contribution in [0.5, 0.6) is 5.75 Å². The number of benzene rings is 1. The Hall–Kier alpha value is -2.24. The van der Waals surface area contributed by atoms with Crippen molar-refractivity contribution in [1.82, 2.24) is 9.97 Å². The number of nitrogens with zero attached hydrogens (tertiary/aromatic N) is 1. The normalized spacial score (nSPS) is 10.8. The maximum Gasteiger partial charge on any atom is 0.167 e. The Morgan fingerprint density at radius 2 is 2.25 bits per heavy atom. The smallest absolute Gasteiger partial charge is 0.167 e. The third kappa shape index (κ3) is 3.63. The topological polar surface area (TPSA) is 76.0 Å². The number of aromatic nitrogens is 2. The molecule has 0 spiro atoms. The first-order valence-corrected chi connectivity index (χ1v) is 6.53. The molecule has 1 aromatic carbocycles. The zero-order chi connectivity index (χ0) is 14.5. The Balaban J connectivity index is 2.02. The second-order valence-electron chi connectivity index (χ2n) is 4.79. The third-order valence-electron chi connectivity index (χ3n) is 2.73. The lowest BCUT2D eigenvalue weighted by Crippen LogP contribution is -2.10. The standard InChI is InChI=1S/C14H19FN4O/c1-9(2)20-14-6-13(12(16)5-11(14)15)18-4-3-10-7-17-8-19-10/h5-9,18H,3-4,16H2,1-2H3,(H,17,19). The first-order chi connectivity index (χ1) is 9.56. The summed E-state index contributed by atoms with van der Waals surface area (Å²) in [6, 6.07) is 2.87. The van der Waals surface area contributed by atoms with Crippen LogP contribution in [0, 0.1) is 5.82 Å². The largest absolute Gasteiger partial charge is 0.488 e. The zero-order valence-corrected chi connectivity index (χ0v) is 11.6. The van der Waals surface area contributed by atoms with Gasteiger partial charge in [0, 0.05) is 37.0 Å². The highest BCUT2D eigenvalue weighted by Crippen LogP contribution is 2.28. The van der Waals surface area contributed by atoms with Crippen LogP contribution >= 0.6 is 0 Å². The molecule has 0 bridgehead atoms. The van der Waals surface area contributed by atoms with Crippen LogP contribution in [0.4, 0.5) is 15.8 Å². The number of nitrogen functional groups attached to an aromatic ring is 1. The summed E-state index contributed by atoms with van der Waals surface area (Å²) in [5.41, 5.74) is 7.86. The maximum absolute atomic E-state index is 13.7. The fraction of sp³-hybridized carbons (Fsp3) is 0.357. The summed E-state index contributed by atoms with van der Waals surface area (Å²) in [5, 5.41) is 3.17. The van der Waals surface area contributed by atoms with Gasteiger partial charge in [-0.15, -0.1) is 0 Å². The number of imidazole rings is 1. The van der Waals surface area contributed by atoms with Gasteiger partial charge in [-0.2, -0.15) is 0 Å². The van der Waals surface area contributed by atoms with Crippen LogP contribution in [0.1, 0.15) is 19.5 Å². The van der Waals surface area contributed by atoms with Gasteiger partial charge >= 0.3 is 0 Å². The summed E-state index contributed by atoms with van der Waals surface area (Å²) in [5.74, 6) is -0.242. The molecule has 0 aliphatic rings. The molecule has 0 aliphatic carbocycles. The minimum Gasteiger partial charge on any atom is -0.488 e. The molecule has 0 saturated heterocycles. The number of nitrogens with one attached hydrogen (secondary N) is 2. The molecule has 0 amide bonds. The van der Waals surface area contributed by atoms with Gasteiger partial charge in [0.25, 0.3) is 0 Å². The van der Waals surface area contributed by atoms with Gasteiger partial charge in [-0.25, -0.2) is 9.37 Å². The van der Waals surface area contributed by atoms with Crippen molar-refractivity contribution in [2.45, 2.75) is 26.4 Å². The molecule has 4 N–H and O–H groups in total. The average molecular weight is 278 g/mol. The Morgan fingerprint density at radius 1 is 1.45 bits per heavy atom. The summed E-state index contributed by atoms with van der Waals surface area (Å²) < 4.78 is 19.1. The minimum absolute atomic E-state index is 0.0917. The molecule has 0 fully saturated rings. The van der Waals surface area contributed by atoms with Crippen LogP contribution in [-0.4, -0.2) is 22.6 Å². The number of hydrogen-bond acceptors (Lipinski definition) is 4. The van der Waals surface area contributed by atoms with Crippen molar-refractivity contribution in [3.8, 4) is 5.75 Å². The molecule has 0 aliphatic heterocycles. The van der Waals surface area contributed by atoms with Gasteiger partial charge in [-0.3, -0.25) is 0 Å². The van der Waals surface area contributed by atoms with Crippen molar-refractivity contribution < 1.29 is 9.13 Å². The molecule has 0 atom stereocenters. The fourth-order valence-corrected chi connectivity index (χ4v) is 1.82. The van der Waals surface area contributed by atoms with Crippen molar-refractivity contribution in [3.63, 3.8) is 0 Å². The highest BCUT2D eigenvalue weighted by Gasteiger charge is 2.10. The van der Waals surface area contributed by atoms with E-state index in [1.54, 1.807) is 18.6 Å². The molecule has 5 nitrogen and oxygen atoms in total. The van der Waals surface area contributed by atoms with E-state index in [1.807, 2.05) is 13.8 Å². The molecular formula is C14H19FN4O. The SMILES string of the molecule is CC(C)Oc1cc(NCCc2cnc[nH]2)c(N)cc1F. The van der Waals surface area contributed by atoms with E-state index >= 15 is 0 Å². The Kier molecular flexibility index (Phi) is 4.45. The second-order valence-corrected chi connectivity index (χ2v) is 4.79. The van der Waals surface area contributed by atoms with Gasteiger partial charge in [0.15, 0.2) is 11.6 Å². The van der Waals surface area contributed by atoms with E-state index < -0.39 is 5.82 Å². The Bertz CT molecular complexity index is 555. The number of hydrogen-bond donors (Lipinski definition) is 3. The van der Waals surface area contributed by atoms with Crippen LogP contribution < -0.4 is 15.8 Å². The lowest BCUT2D eigenvalue weighted by molar-refractivity contribution is 0.231. The summed E-state index contributed by atoms with van der Waals surface area (Å²) in [6.45, 7) is 4.36. The summed E-state index contributed by atoms with van der Waals surface area (Å²) in [7, 11) is 0. The quantitative estimate of drug-likeness (QED) is 0.710. The van der Waals surface area contributed by atoms with Crippen molar-refractivity contribution >= 4 is 11.4 Å². The van der Waals surface area contributed by atoms with E-state index in [0.29, 0.717) is 17.9 Å². The van der Waals surface area contributed by atoms with Crippen LogP contribution in [0.15, 0.2) is 24.7 Å². The van der Waals surface area contributed by atoms with E-state index in [9.17, 15) is 4.39 Å². The monoisotopic (exact) mass is 278 g/mol. The molecule has 2 aromatic rings. The average Bonchev–Trinajstić information content (AvgIpc) is 2.87. The van der Waals surface area contributed by atoms with E-state index in [4.69, 9.17) is 10.5 Å². The number of ether oxygens (including phenoxy) is 1. The molecule has 0 radical (unpaired) electrons. The lowest BCUT2D eigenvalue weighted by Gasteiger charge is -2.14. The van der Waals surface area contributed by atoms with E-state index in [2.05, 4.69) is 15.3 Å². The first kappa shape index (κ1) is 14.2. The molecule has 108 valence electrons. The molecule has 0 saturated carbocycles. The first-order valence-electron chi connectivity index (χ1n) is 6.53. The van der Waals surface area contributed by atoms with Gasteiger partial charge in [0.05, 0.1) is 23.8 Å². The zero-order valence-electron chi connectivity index (χ0n) is 11.6. The molecule has 20 heavy (non-hydrogen) atoms. The van der Waals surface area contributed by atoms with Gasteiger partial charge in [-0.1, -0.05) is 0 Å². The van der Waals surface area contributed by atoms with Crippen LogP contribution in [0.2, 0.25) is 0 Å². The highest BCUT2D eigenvalue weighted by atomic mass is 19.1. The van der Waals surface area contributed by atoms with Crippen LogP contribution in [-0.2, 0) is 6.42 Å². The number of halogens is 1. The van der Waals surface area contributed by atoms with E-state index in [1.165, 1.54) is 6.07 Å². The van der Waals surface area contributed by atoms with Crippen molar-refractivity contribution in [3.05, 3.63) is 36.2 Å². The molecule has 6 heteroatoms. The summed E-state index contributed by atoms with van der Waals surface area (Å²) in [4.78, 5) is 6.96. The van der Waals surface area contributed by atoms with Gasteiger partial charge in [0.2, 0.25) is 0 Å². The number of anilines is 2. The summed E-state index contributed by atoms with van der Waals surface area (Å²) >= 11 is 0. The molecular weight excluding hydrogens is 259 g/mol. The summed E-state index contributed by atoms with van der Waals surface area (Å²) in [6.07, 6.45) is 4.09. The van der Waals surface area contributed by atoms with Crippen LogP contribution in [0.3, 0.4) is 0 Å². The van der Waals surface area contributed by atoms with Gasteiger partial charge in [-0.05, 0) is 13.8 Å². The van der Waals surface area contributed by atoms with Crippen molar-refractivity contribution in [2.75, 3.05) is 17.6 Å². The second kappa shape index (κ2) is 6.27. The number of aromatic amines is 1. The van der Waals surface area contributed by atoms with Crippen molar-refractivity contribution in [1.29, 1.82) is 0 Å². The predicted molar refractivity (Wildman–Crippen MR) is 77.4 cm³/mol. The van der Waals surface area contributed by atoms with Gasteiger partial charge < -0.3 is 20.8 Å². The Labute approximate surface area is 117 Å². The lowest BCUT2D eigenvalue weighted by atomic mass is 10.2. The maximum atomic E-state index is 13.7. The minimum atomic E-state index is -0.449. The van der Waals surface area contributed by atoms with E-state index in [0.717, 1.165) is 12.1 Å². The number of rotatable bonds is 6. The Morgan fingerprint density at radius 3 is 2.90 bits per heavy atom. The highest BCUT2D eigenvalue weighted by molar-refractivity contribution is 5.68. The molecule has 1 heterocycles. The van der Waals surface area contributed by atoms with Gasteiger partial charge in [0.1, 0.15) is 0 Å². The van der Waals surface area contributed by atoms with E-state index in [-0.39, 0.29) is 11.9 Å². The molecule has 0 unspecified atom stereocenters. The number of H-pyrrole nitrogens is 1. The third-order valence-corrected chi connectivity index (χ3v) is 2.73. The fourth-order valence-electron chi connectivity index (χ4n) is 1.82. The van der Waals surface area contributed by atoms with Crippen LogP contribution in [0.25, 0.3) is 0 Å². The molecule has 2 rings (SSSR count). The van der Waals surface area contributed by atoms with Crippen molar-refractivity contribution in [2.24, 2.45) is 0 Å². The number of nitrogens with two attached hydrogens (primary N) is 1. The molecule has 1 aromatic heterocycles.